The highest BCUT2D eigenvalue weighted by atomic mass is 19.1. The second-order valence-corrected chi connectivity index (χ2v) is 12.6. The number of carbonyl (C=O) groups excluding carboxylic acids is 2. The third-order valence-electron chi connectivity index (χ3n) is 9.20. The van der Waals surface area contributed by atoms with Gasteiger partial charge in [-0.2, -0.15) is 0 Å². The quantitative estimate of drug-likeness (QED) is 0.145. The van der Waals surface area contributed by atoms with E-state index in [4.69, 9.17) is 9.47 Å². The maximum atomic E-state index is 15.2. The zero-order valence-corrected chi connectivity index (χ0v) is 26.5. The highest BCUT2D eigenvalue weighted by Crippen LogP contribution is 2.41. The van der Waals surface area contributed by atoms with Crippen molar-refractivity contribution < 1.29 is 23.5 Å². The second-order valence-electron chi connectivity index (χ2n) is 12.6. The molecule has 6 heteroatoms. The van der Waals surface area contributed by atoms with Crippen LogP contribution in [0.3, 0.4) is 0 Å². The monoisotopic (exact) mass is 567 g/mol. The number of ether oxygens (including phenoxy) is 2. The second kappa shape index (κ2) is 14.6. The van der Waals surface area contributed by atoms with E-state index in [0.717, 1.165) is 75.6 Å². The van der Waals surface area contributed by atoms with Gasteiger partial charge < -0.3 is 14.3 Å². The van der Waals surface area contributed by atoms with Gasteiger partial charge in [0.05, 0.1) is 13.0 Å². The number of halogens is 1. The molecule has 0 amide bonds. The van der Waals surface area contributed by atoms with Crippen LogP contribution in [0, 0.1) is 32.0 Å². The van der Waals surface area contributed by atoms with Gasteiger partial charge >= 0.3 is 5.97 Å². The van der Waals surface area contributed by atoms with Gasteiger partial charge in [0, 0.05) is 32.7 Å². The lowest BCUT2D eigenvalue weighted by molar-refractivity contribution is -0.142. The van der Waals surface area contributed by atoms with Crippen LogP contribution < -0.4 is 0 Å². The average Bonchev–Trinajstić information content (AvgIpc) is 2.91. The van der Waals surface area contributed by atoms with Crippen LogP contribution in [0.15, 0.2) is 12.1 Å². The fourth-order valence-electron chi connectivity index (χ4n) is 6.58. The van der Waals surface area contributed by atoms with Gasteiger partial charge in [0.25, 0.3) is 0 Å². The summed E-state index contributed by atoms with van der Waals surface area (Å²) in [4.78, 5) is 27.2. The summed E-state index contributed by atoms with van der Waals surface area (Å²) in [7, 11) is 3.85. The lowest BCUT2D eigenvalue weighted by atomic mass is 9.75. The molecule has 1 saturated carbocycles. The predicted octanol–water partition coefficient (Wildman–Crippen LogP) is 7.24. The molecule has 0 unspecified atom stereocenters. The minimum Gasteiger partial charge on any atom is -0.466 e. The van der Waals surface area contributed by atoms with E-state index in [9.17, 15) is 9.59 Å². The van der Waals surface area contributed by atoms with E-state index >= 15 is 4.39 Å². The first-order valence-corrected chi connectivity index (χ1v) is 15.2. The Hall–Kier alpha value is -2.57. The molecular formula is C35H50FNO4. The Labute approximate surface area is 246 Å². The average molecular weight is 568 g/mol. The number of methoxy groups -OCH3 is 1. The molecule has 1 aliphatic rings. The van der Waals surface area contributed by atoms with Crippen molar-refractivity contribution in [2.75, 3.05) is 27.4 Å². The minimum absolute atomic E-state index is 0.0739. The molecule has 41 heavy (non-hydrogen) atoms. The van der Waals surface area contributed by atoms with Crippen LogP contribution in [0.1, 0.15) is 91.8 Å². The molecule has 0 aromatic heterocycles. The highest BCUT2D eigenvalue weighted by molar-refractivity contribution is 5.84. The smallest absolute Gasteiger partial charge is 0.310 e. The summed E-state index contributed by atoms with van der Waals surface area (Å²) in [6, 6.07) is 3.68. The number of carbonyl (C=O) groups is 2. The number of esters is 1. The molecule has 0 bridgehead atoms. The number of aldehydes is 1. The van der Waals surface area contributed by atoms with Crippen molar-refractivity contribution in [3.63, 3.8) is 0 Å². The molecule has 3 rings (SSSR count). The number of rotatable bonds is 13. The van der Waals surface area contributed by atoms with Gasteiger partial charge in [-0.3, -0.25) is 9.69 Å². The summed E-state index contributed by atoms with van der Waals surface area (Å²) in [5.74, 6) is -0.616. The van der Waals surface area contributed by atoms with Crippen molar-refractivity contribution in [3.8, 4) is 11.1 Å². The fraction of sp³-hybridized carbons (Fsp3) is 0.600. The molecule has 0 atom stereocenters. The number of hydrogen-bond acceptors (Lipinski definition) is 5. The fourth-order valence-corrected chi connectivity index (χ4v) is 6.58. The standard InChI is InChI=1S/C35H50FNO4/c1-9-41-33(39)21-31-24(3)29(14-17-38)32(22-37(7)28-12-15-35(5,6)16-13-28)25(4)34(31)30-20-27(36)19-26(23(30)2)11-10-18-40-8/h17,19-20,28H,9-16,18,21-22H2,1-8H3. The zero-order valence-electron chi connectivity index (χ0n) is 26.5. The third-order valence-corrected chi connectivity index (χ3v) is 9.20. The summed E-state index contributed by atoms with van der Waals surface area (Å²) >= 11 is 0. The van der Waals surface area contributed by atoms with Crippen molar-refractivity contribution in [1.29, 1.82) is 0 Å². The van der Waals surface area contributed by atoms with Gasteiger partial charge in [-0.1, -0.05) is 13.8 Å². The number of hydrogen-bond donors (Lipinski definition) is 0. The molecule has 1 aliphatic carbocycles. The molecule has 226 valence electrons. The molecule has 0 saturated heterocycles. The first kappa shape index (κ1) is 32.9. The Morgan fingerprint density at radius 1 is 1.07 bits per heavy atom. The molecule has 0 N–H and O–H groups in total. The van der Waals surface area contributed by atoms with E-state index in [1.165, 1.54) is 12.8 Å². The van der Waals surface area contributed by atoms with Gasteiger partial charge in [0.2, 0.25) is 0 Å². The van der Waals surface area contributed by atoms with Gasteiger partial charge in [-0.15, -0.1) is 0 Å². The van der Waals surface area contributed by atoms with Crippen molar-refractivity contribution in [2.24, 2.45) is 5.41 Å². The van der Waals surface area contributed by atoms with Crippen LogP contribution in [-0.4, -0.2) is 50.6 Å². The van der Waals surface area contributed by atoms with E-state index in [2.05, 4.69) is 32.7 Å². The maximum Gasteiger partial charge on any atom is 0.310 e. The van der Waals surface area contributed by atoms with Gasteiger partial charge in [0.1, 0.15) is 12.1 Å². The molecule has 0 spiro atoms. The van der Waals surface area contributed by atoms with Crippen molar-refractivity contribution in [1.82, 2.24) is 4.90 Å². The molecule has 5 nitrogen and oxygen atoms in total. The highest BCUT2D eigenvalue weighted by Gasteiger charge is 2.30. The van der Waals surface area contributed by atoms with Crippen LogP contribution in [0.2, 0.25) is 0 Å². The molecule has 0 aliphatic heterocycles. The van der Waals surface area contributed by atoms with Gasteiger partial charge in [-0.25, -0.2) is 4.39 Å². The van der Waals surface area contributed by atoms with Gasteiger partial charge in [-0.05, 0) is 141 Å². The first-order valence-electron chi connectivity index (χ1n) is 15.2. The minimum atomic E-state index is -0.322. The molecule has 0 radical (unpaired) electrons. The Bertz CT molecular complexity index is 1230. The van der Waals surface area contributed by atoms with E-state index in [1.54, 1.807) is 26.2 Å². The summed E-state index contributed by atoms with van der Waals surface area (Å²) in [6.45, 7) is 14.2. The van der Waals surface area contributed by atoms with Gasteiger partial charge in [0.15, 0.2) is 0 Å². The van der Waals surface area contributed by atoms with Crippen LogP contribution in [0.5, 0.6) is 0 Å². The van der Waals surface area contributed by atoms with E-state index in [1.807, 2.05) is 13.8 Å². The predicted molar refractivity (Wildman–Crippen MR) is 164 cm³/mol. The topological polar surface area (TPSA) is 55.8 Å². The van der Waals surface area contributed by atoms with Crippen molar-refractivity contribution in [2.45, 2.75) is 105 Å². The lowest BCUT2D eigenvalue weighted by Crippen LogP contribution is -2.37. The van der Waals surface area contributed by atoms with Crippen molar-refractivity contribution in [3.05, 3.63) is 56.9 Å². The maximum absolute atomic E-state index is 15.2. The largest absolute Gasteiger partial charge is 0.466 e. The molecule has 1 fully saturated rings. The zero-order chi connectivity index (χ0) is 30.3. The van der Waals surface area contributed by atoms with E-state index in [-0.39, 0.29) is 31.2 Å². The Balaban J connectivity index is 2.21. The normalized spacial score (nSPS) is 15.4. The Kier molecular flexibility index (Phi) is 11.7. The summed E-state index contributed by atoms with van der Waals surface area (Å²) in [5, 5.41) is 0. The number of aryl methyl sites for hydroxylation is 1. The molecule has 2 aromatic rings. The molecule has 0 heterocycles. The summed E-state index contributed by atoms with van der Waals surface area (Å²) in [5.41, 5.74) is 8.84. The van der Waals surface area contributed by atoms with E-state index < -0.39 is 0 Å². The lowest BCUT2D eigenvalue weighted by Gasteiger charge is -2.39. The Morgan fingerprint density at radius 3 is 2.37 bits per heavy atom. The molecule has 2 aromatic carbocycles. The number of nitrogens with zero attached hydrogens (tertiary/aromatic N) is 1. The van der Waals surface area contributed by atoms with Crippen LogP contribution in [0.25, 0.3) is 11.1 Å². The molecular weight excluding hydrogens is 517 g/mol. The van der Waals surface area contributed by atoms with E-state index in [0.29, 0.717) is 31.0 Å². The van der Waals surface area contributed by atoms with Crippen LogP contribution in [-0.2, 0) is 44.9 Å². The first-order chi connectivity index (χ1) is 19.4. The van der Waals surface area contributed by atoms with Crippen LogP contribution >= 0.6 is 0 Å². The summed E-state index contributed by atoms with van der Waals surface area (Å²) in [6.07, 6.45) is 7.46. The third kappa shape index (κ3) is 8.04. The van der Waals surface area contributed by atoms with Crippen LogP contribution in [0.4, 0.5) is 4.39 Å². The SMILES string of the molecule is CCOC(=O)Cc1c(C)c(CC=O)c(CN(C)C2CCC(C)(C)CC2)c(C)c1-c1cc(F)cc(CCCOC)c1C. The van der Waals surface area contributed by atoms with Crippen molar-refractivity contribution >= 4 is 12.3 Å². The Morgan fingerprint density at radius 2 is 1.76 bits per heavy atom. The number of benzene rings is 2. The summed E-state index contributed by atoms with van der Waals surface area (Å²) < 4.78 is 25.8.